The molecule has 8 heteroatoms. The Morgan fingerprint density at radius 1 is 1.26 bits per heavy atom. The van der Waals surface area contributed by atoms with Gasteiger partial charge in [0, 0.05) is 6.54 Å². The third-order valence-electron chi connectivity index (χ3n) is 4.00. The van der Waals surface area contributed by atoms with Gasteiger partial charge in [-0.1, -0.05) is 30.3 Å². The van der Waals surface area contributed by atoms with Gasteiger partial charge in [0.1, 0.15) is 12.6 Å². The predicted octanol–water partition coefficient (Wildman–Crippen LogP) is 1.54. The van der Waals surface area contributed by atoms with Crippen LogP contribution in [0.1, 0.15) is 26.3 Å². The highest BCUT2D eigenvalue weighted by Crippen LogP contribution is 2.18. The lowest BCUT2D eigenvalue weighted by molar-refractivity contribution is -0.147. The number of amides is 1. The minimum absolute atomic E-state index is 0.0129. The van der Waals surface area contributed by atoms with Crippen LogP contribution in [0.2, 0.25) is 0 Å². The molecule has 1 aliphatic rings. The third kappa shape index (κ3) is 7.16. The fourth-order valence-corrected chi connectivity index (χ4v) is 2.48. The van der Waals surface area contributed by atoms with Crippen LogP contribution < -0.4 is 10.6 Å². The summed E-state index contributed by atoms with van der Waals surface area (Å²) in [6, 6.07) is 8.44. The summed E-state index contributed by atoms with van der Waals surface area (Å²) >= 11 is 0. The summed E-state index contributed by atoms with van der Waals surface area (Å²) in [7, 11) is 0. The van der Waals surface area contributed by atoms with Crippen molar-refractivity contribution in [1.29, 1.82) is 0 Å². The molecule has 0 unspecified atom stereocenters. The molecule has 1 fully saturated rings. The van der Waals surface area contributed by atoms with Crippen LogP contribution in [0, 0.1) is 0 Å². The van der Waals surface area contributed by atoms with Gasteiger partial charge in [0.15, 0.2) is 0 Å². The number of benzene rings is 1. The lowest BCUT2D eigenvalue weighted by Gasteiger charge is -2.44. The summed E-state index contributed by atoms with van der Waals surface area (Å²) in [6.07, 6.45) is -0.565. The second kappa shape index (κ2) is 9.16. The van der Waals surface area contributed by atoms with E-state index < -0.39 is 29.2 Å². The fraction of sp³-hybridized carbons (Fsp3) is 0.579. The summed E-state index contributed by atoms with van der Waals surface area (Å²) in [5.41, 5.74) is -0.216. The molecule has 0 radical (unpaired) electrons. The second-order valence-corrected chi connectivity index (χ2v) is 7.65. The van der Waals surface area contributed by atoms with Crippen LogP contribution in [0.3, 0.4) is 0 Å². The Labute approximate surface area is 159 Å². The standard InChI is InChI=1S/C19H28N2O6/c1-18(2,3)27-10-15(16(22)23)21-19(12-25-13-19)11-20-17(24)26-9-14-7-5-4-6-8-14/h4-8,15,21H,9-13H2,1-3H3,(H,20,24)(H,22,23)/t15-/m0/s1. The van der Waals surface area contributed by atoms with Crippen LogP contribution in [0.15, 0.2) is 30.3 Å². The monoisotopic (exact) mass is 380 g/mol. The van der Waals surface area contributed by atoms with E-state index in [1.807, 2.05) is 51.1 Å². The van der Waals surface area contributed by atoms with Gasteiger partial charge < -0.3 is 24.6 Å². The molecule has 1 aromatic rings. The lowest BCUT2D eigenvalue weighted by atomic mass is 9.96. The van der Waals surface area contributed by atoms with Gasteiger partial charge >= 0.3 is 12.1 Å². The normalized spacial score (nSPS) is 16.9. The fourth-order valence-electron chi connectivity index (χ4n) is 2.48. The highest BCUT2D eigenvalue weighted by atomic mass is 16.5. The Morgan fingerprint density at radius 3 is 2.44 bits per heavy atom. The topological polar surface area (TPSA) is 106 Å². The van der Waals surface area contributed by atoms with E-state index in [1.54, 1.807) is 0 Å². The van der Waals surface area contributed by atoms with Gasteiger partial charge in [0.2, 0.25) is 0 Å². The zero-order valence-electron chi connectivity index (χ0n) is 16.0. The number of nitrogens with one attached hydrogen (secondary N) is 2. The number of rotatable bonds is 9. The summed E-state index contributed by atoms with van der Waals surface area (Å²) in [5, 5.41) is 15.2. The Balaban J connectivity index is 1.82. The number of alkyl carbamates (subject to hydrolysis) is 1. The maximum absolute atomic E-state index is 11.9. The summed E-state index contributed by atoms with van der Waals surface area (Å²) < 4.78 is 16.0. The first kappa shape index (κ1) is 21.1. The van der Waals surface area contributed by atoms with Crippen molar-refractivity contribution in [2.24, 2.45) is 0 Å². The average molecular weight is 380 g/mol. The highest BCUT2D eigenvalue weighted by molar-refractivity contribution is 5.74. The van der Waals surface area contributed by atoms with Crippen LogP contribution in [-0.2, 0) is 25.6 Å². The van der Waals surface area contributed by atoms with Crippen LogP contribution in [-0.4, -0.2) is 60.7 Å². The van der Waals surface area contributed by atoms with E-state index in [9.17, 15) is 14.7 Å². The largest absolute Gasteiger partial charge is 0.480 e. The zero-order valence-corrected chi connectivity index (χ0v) is 16.0. The van der Waals surface area contributed by atoms with Crippen molar-refractivity contribution in [3.63, 3.8) is 0 Å². The molecule has 150 valence electrons. The number of carboxylic acid groups (broad SMARTS) is 1. The molecule has 1 aromatic carbocycles. The Hall–Kier alpha value is -2.16. The SMILES string of the molecule is CC(C)(C)OC[C@H](NC1(CNC(=O)OCc2ccccc2)COC1)C(=O)O. The molecule has 0 aliphatic carbocycles. The van der Waals surface area contributed by atoms with Crippen LogP contribution in [0.4, 0.5) is 4.79 Å². The van der Waals surface area contributed by atoms with Crippen molar-refractivity contribution in [3.8, 4) is 0 Å². The van der Waals surface area contributed by atoms with Crippen molar-refractivity contribution in [1.82, 2.24) is 10.6 Å². The summed E-state index contributed by atoms with van der Waals surface area (Å²) in [5.74, 6) is -1.02. The van der Waals surface area contributed by atoms with Crippen molar-refractivity contribution < 1.29 is 28.9 Å². The minimum atomic E-state index is -1.02. The molecule has 0 saturated carbocycles. The molecule has 1 atom stereocenters. The number of carboxylic acids is 1. The molecule has 0 aromatic heterocycles. The zero-order chi connectivity index (χ0) is 19.9. The van der Waals surface area contributed by atoms with E-state index >= 15 is 0 Å². The Kier molecular flexibility index (Phi) is 7.18. The van der Waals surface area contributed by atoms with Crippen molar-refractivity contribution in [2.45, 2.75) is 44.6 Å². The van der Waals surface area contributed by atoms with Gasteiger partial charge in [-0.3, -0.25) is 10.1 Å². The van der Waals surface area contributed by atoms with Crippen LogP contribution in [0.5, 0.6) is 0 Å². The van der Waals surface area contributed by atoms with Gasteiger partial charge in [0.25, 0.3) is 0 Å². The van der Waals surface area contributed by atoms with E-state index in [0.29, 0.717) is 13.2 Å². The lowest BCUT2D eigenvalue weighted by Crippen LogP contribution is -2.69. The molecular formula is C19H28N2O6. The molecule has 1 heterocycles. The molecule has 27 heavy (non-hydrogen) atoms. The number of carbonyl (C=O) groups excluding carboxylic acids is 1. The first-order chi connectivity index (χ1) is 12.7. The smallest absolute Gasteiger partial charge is 0.407 e. The van der Waals surface area contributed by atoms with E-state index in [-0.39, 0.29) is 19.8 Å². The first-order valence-corrected chi connectivity index (χ1v) is 8.86. The van der Waals surface area contributed by atoms with Gasteiger partial charge in [-0.05, 0) is 26.3 Å². The van der Waals surface area contributed by atoms with E-state index in [0.717, 1.165) is 5.56 Å². The second-order valence-electron chi connectivity index (χ2n) is 7.65. The maximum Gasteiger partial charge on any atom is 0.407 e. The molecular weight excluding hydrogens is 352 g/mol. The molecule has 0 spiro atoms. The van der Waals surface area contributed by atoms with Gasteiger partial charge in [-0.15, -0.1) is 0 Å². The van der Waals surface area contributed by atoms with Crippen LogP contribution >= 0.6 is 0 Å². The van der Waals surface area contributed by atoms with E-state index in [2.05, 4.69) is 10.6 Å². The third-order valence-corrected chi connectivity index (χ3v) is 4.00. The maximum atomic E-state index is 11.9. The van der Waals surface area contributed by atoms with E-state index in [1.165, 1.54) is 0 Å². The quantitative estimate of drug-likeness (QED) is 0.597. The number of hydrogen-bond acceptors (Lipinski definition) is 6. The van der Waals surface area contributed by atoms with Crippen molar-refractivity contribution in [2.75, 3.05) is 26.4 Å². The summed E-state index contributed by atoms with van der Waals surface area (Å²) in [4.78, 5) is 23.5. The minimum Gasteiger partial charge on any atom is -0.480 e. The van der Waals surface area contributed by atoms with Crippen molar-refractivity contribution >= 4 is 12.1 Å². The van der Waals surface area contributed by atoms with Gasteiger partial charge in [0.05, 0.1) is 31.0 Å². The number of hydrogen-bond donors (Lipinski definition) is 3. The number of aliphatic carboxylic acids is 1. The van der Waals surface area contributed by atoms with Crippen molar-refractivity contribution in [3.05, 3.63) is 35.9 Å². The molecule has 2 rings (SSSR count). The molecule has 0 bridgehead atoms. The molecule has 1 amide bonds. The predicted molar refractivity (Wildman–Crippen MR) is 98.4 cm³/mol. The molecule has 3 N–H and O–H groups in total. The number of ether oxygens (including phenoxy) is 3. The van der Waals surface area contributed by atoms with Gasteiger partial charge in [-0.2, -0.15) is 0 Å². The molecule has 1 aliphatic heterocycles. The highest BCUT2D eigenvalue weighted by Gasteiger charge is 2.42. The van der Waals surface area contributed by atoms with E-state index in [4.69, 9.17) is 14.2 Å². The van der Waals surface area contributed by atoms with Gasteiger partial charge in [-0.25, -0.2) is 4.79 Å². The molecule has 1 saturated heterocycles. The van der Waals surface area contributed by atoms with Crippen LogP contribution in [0.25, 0.3) is 0 Å². The average Bonchev–Trinajstić information content (AvgIpc) is 2.57. The Morgan fingerprint density at radius 2 is 1.93 bits per heavy atom. The summed E-state index contributed by atoms with van der Waals surface area (Å²) in [6.45, 7) is 6.55. The molecule has 8 nitrogen and oxygen atoms in total. The number of carbonyl (C=O) groups is 2. The first-order valence-electron chi connectivity index (χ1n) is 8.86. The Bertz CT molecular complexity index is 625.